The lowest BCUT2D eigenvalue weighted by atomic mass is 10.0. The highest BCUT2D eigenvalue weighted by molar-refractivity contribution is 7.47. The molecule has 3 N–H and O–H groups in total. The predicted molar refractivity (Wildman–Crippen MR) is 258 cm³/mol. The monoisotopic (exact) mass is 868 g/mol. The second kappa shape index (κ2) is 43.0. The number of phosphoric ester groups is 1. The first-order valence-electron chi connectivity index (χ1n) is 25.4. The van der Waals surface area contributed by atoms with Crippen molar-refractivity contribution in [2.24, 2.45) is 0 Å². The van der Waals surface area contributed by atoms with Crippen molar-refractivity contribution in [2.45, 2.75) is 244 Å². The molecule has 9 heteroatoms. The zero-order valence-corrected chi connectivity index (χ0v) is 41.1. The molecule has 0 saturated heterocycles. The molecular formula is C51H100N2O6P+. The number of likely N-dealkylation sites (N-methyl/N-ethyl adjacent to an activating group) is 1. The number of nitrogens with one attached hydrogen (secondary N) is 1. The van der Waals surface area contributed by atoms with Crippen LogP contribution in [0.15, 0.2) is 36.5 Å². The fourth-order valence-corrected chi connectivity index (χ4v) is 8.05. The van der Waals surface area contributed by atoms with Crippen LogP contribution >= 0.6 is 7.82 Å². The van der Waals surface area contributed by atoms with Crippen LogP contribution in [0.25, 0.3) is 0 Å². The van der Waals surface area contributed by atoms with E-state index in [-0.39, 0.29) is 19.1 Å². The van der Waals surface area contributed by atoms with Crippen molar-refractivity contribution in [3.63, 3.8) is 0 Å². The number of phosphoric acid groups is 1. The summed E-state index contributed by atoms with van der Waals surface area (Å²) in [6.45, 7) is 4.72. The number of nitrogens with zero attached hydrogens (tertiary/aromatic N) is 1. The normalized spacial score (nSPS) is 14.4. The van der Waals surface area contributed by atoms with Crippen molar-refractivity contribution in [1.29, 1.82) is 0 Å². The van der Waals surface area contributed by atoms with E-state index in [2.05, 4.69) is 43.5 Å². The van der Waals surface area contributed by atoms with Gasteiger partial charge in [0.2, 0.25) is 5.91 Å². The summed E-state index contributed by atoms with van der Waals surface area (Å²) >= 11 is 0. The lowest BCUT2D eigenvalue weighted by Crippen LogP contribution is -2.45. The van der Waals surface area contributed by atoms with Crippen LogP contribution in [-0.4, -0.2) is 73.4 Å². The Morgan fingerprint density at radius 1 is 0.550 bits per heavy atom. The minimum absolute atomic E-state index is 0.0539. The summed E-state index contributed by atoms with van der Waals surface area (Å²) in [6, 6.07) is -0.864. The van der Waals surface area contributed by atoms with Gasteiger partial charge in [0, 0.05) is 6.42 Å². The van der Waals surface area contributed by atoms with Gasteiger partial charge in [0.25, 0.3) is 0 Å². The maximum Gasteiger partial charge on any atom is 0.472 e. The van der Waals surface area contributed by atoms with Crippen molar-refractivity contribution >= 4 is 13.7 Å². The topological polar surface area (TPSA) is 105 Å². The fraction of sp³-hybridized carbons (Fsp3) is 0.863. The lowest BCUT2D eigenvalue weighted by molar-refractivity contribution is -0.870. The smallest absolute Gasteiger partial charge is 0.387 e. The zero-order valence-electron chi connectivity index (χ0n) is 40.2. The van der Waals surface area contributed by atoms with Crippen LogP contribution < -0.4 is 5.32 Å². The maximum atomic E-state index is 12.7. The first-order valence-corrected chi connectivity index (χ1v) is 26.9. The number of quaternary nitrogens is 1. The van der Waals surface area contributed by atoms with Crippen LogP contribution in [0.2, 0.25) is 0 Å². The first-order chi connectivity index (χ1) is 29.0. The minimum atomic E-state index is -4.34. The lowest BCUT2D eigenvalue weighted by Gasteiger charge is -2.25. The summed E-state index contributed by atoms with van der Waals surface area (Å²) in [6.07, 6.45) is 54.4. The van der Waals surface area contributed by atoms with Gasteiger partial charge in [0.1, 0.15) is 13.2 Å². The number of carbonyl (C=O) groups is 1. The Morgan fingerprint density at radius 3 is 1.33 bits per heavy atom. The van der Waals surface area contributed by atoms with E-state index >= 15 is 0 Å². The molecule has 60 heavy (non-hydrogen) atoms. The van der Waals surface area contributed by atoms with Crippen LogP contribution in [0, 0.1) is 0 Å². The van der Waals surface area contributed by atoms with Gasteiger partial charge < -0.3 is 19.8 Å². The Bertz CT molecular complexity index is 1070. The molecule has 0 aromatic carbocycles. The number of amides is 1. The molecular weight excluding hydrogens is 768 g/mol. The standard InChI is InChI=1S/C51H99N2O6P/c1-6-8-10-12-14-15-16-17-18-19-20-21-22-23-24-25-26-27-28-29-30-31-32-33-34-35-36-37-38-39-40-42-44-50(54)49(52-51(55)45-43-41-13-11-9-7-2)48-59-60(56,57)58-47-46-53(3,4)5/h33-34,37-38,42,44,49-50,54H,6-32,35-36,39-41,43,45-48H2,1-5H3,(H-,52,55,56,57)/p+1/b34-33+,38-37+,44-42+. The Kier molecular flexibility index (Phi) is 42.1. The molecule has 0 heterocycles. The molecule has 1 amide bonds. The van der Waals surface area contributed by atoms with E-state index in [0.29, 0.717) is 17.4 Å². The van der Waals surface area contributed by atoms with Crippen molar-refractivity contribution in [3.05, 3.63) is 36.5 Å². The van der Waals surface area contributed by atoms with Gasteiger partial charge >= 0.3 is 7.82 Å². The summed E-state index contributed by atoms with van der Waals surface area (Å²) in [5, 5.41) is 13.7. The Labute approximate surface area is 372 Å². The Balaban J connectivity index is 4.01. The number of hydrogen-bond donors (Lipinski definition) is 3. The van der Waals surface area contributed by atoms with Gasteiger partial charge in [-0.15, -0.1) is 0 Å². The molecule has 0 radical (unpaired) electrons. The molecule has 0 rings (SSSR count). The van der Waals surface area contributed by atoms with Crippen molar-refractivity contribution < 1.29 is 32.9 Å². The van der Waals surface area contributed by atoms with E-state index in [1.54, 1.807) is 6.08 Å². The summed E-state index contributed by atoms with van der Waals surface area (Å²) in [4.78, 5) is 22.9. The molecule has 0 aliphatic heterocycles. The SMILES string of the molecule is CCCCCCCCCCCCCCCCCCCCCCCC/C=C/CC/C=C/CC/C=C/C(O)C(COP(=O)(O)OCC[N+](C)(C)C)NC(=O)CCCCCCCC. The highest BCUT2D eigenvalue weighted by atomic mass is 31.2. The van der Waals surface area contributed by atoms with Gasteiger partial charge in [-0.3, -0.25) is 13.8 Å². The van der Waals surface area contributed by atoms with Gasteiger partial charge in [0.05, 0.1) is 39.9 Å². The van der Waals surface area contributed by atoms with Gasteiger partial charge in [-0.2, -0.15) is 0 Å². The summed E-state index contributed by atoms with van der Waals surface area (Å²) < 4.78 is 23.4. The molecule has 8 nitrogen and oxygen atoms in total. The molecule has 0 aliphatic rings. The molecule has 0 saturated carbocycles. The minimum Gasteiger partial charge on any atom is -0.387 e. The number of rotatable bonds is 46. The largest absolute Gasteiger partial charge is 0.472 e. The fourth-order valence-electron chi connectivity index (χ4n) is 7.31. The molecule has 354 valence electrons. The number of unbranched alkanes of at least 4 members (excludes halogenated alkanes) is 29. The Hall–Kier alpha value is -1.28. The number of hydrogen-bond acceptors (Lipinski definition) is 5. The van der Waals surface area contributed by atoms with Crippen LogP contribution in [0.3, 0.4) is 0 Å². The average Bonchev–Trinajstić information content (AvgIpc) is 3.20. The molecule has 0 aromatic heterocycles. The maximum absolute atomic E-state index is 12.7. The highest BCUT2D eigenvalue weighted by Gasteiger charge is 2.27. The van der Waals surface area contributed by atoms with Crippen LogP contribution in [0.1, 0.15) is 232 Å². The summed E-state index contributed by atoms with van der Waals surface area (Å²) in [7, 11) is 1.55. The second-order valence-electron chi connectivity index (χ2n) is 18.5. The quantitative estimate of drug-likeness (QED) is 0.0244. The van der Waals surface area contributed by atoms with Gasteiger partial charge in [-0.1, -0.05) is 217 Å². The van der Waals surface area contributed by atoms with E-state index in [1.165, 1.54) is 167 Å². The molecule has 0 aliphatic carbocycles. The number of allylic oxidation sites excluding steroid dienone is 5. The molecule has 0 spiro atoms. The third-order valence-corrected chi connectivity index (χ3v) is 12.3. The van der Waals surface area contributed by atoms with E-state index in [4.69, 9.17) is 9.05 Å². The summed E-state index contributed by atoms with van der Waals surface area (Å²) in [5.74, 6) is -0.201. The molecule has 0 bridgehead atoms. The van der Waals surface area contributed by atoms with Crippen molar-refractivity contribution in [2.75, 3.05) is 40.9 Å². The first kappa shape index (κ1) is 58.7. The zero-order chi connectivity index (χ0) is 44.3. The number of carbonyl (C=O) groups excluding carboxylic acids is 1. The Morgan fingerprint density at radius 2 is 0.917 bits per heavy atom. The van der Waals surface area contributed by atoms with Crippen LogP contribution in [-0.2, 0) is 18.4 Å². The molecule has 3 unspecified atom stereocenters. The van der Waals surface area contributed by atoms with Crippen LogP contribution in [0.4, 0.5) is 0 Å². The molecule has 0 aromatic rings. The summed E-state index contributed by atoms with van der Waals surface area (Å²) in [5.41, 5.74) is 0. The van der Waals surface area contributed by atoms with Crippen LogP contribution in [0.5, 0.6) is 0 Å². The third-order valence-electron chi connectivity index (χ3n) is 11.3. The van der Waals surface area contributed by atoms with E-state index < -0.39 is 20.0 Å². The third kappa shape index (κ3) is 44.8. The second-order valence-corrected chi connectivity index (χ2v) is 20.0. The van der Waals surface area contributed by atoms with Crippen molar-refractivity contribution in [1.82, 2.24) is 5.32 Å². The van der Waals surface area contributed by atoms with Crippen molar-refractivity contribution in [3.8, 4) is 0 Å². The van der Waals surface area contributed by atoms with E-state index in [9.17, 15) is 19.4 Å². The highest BCUT2D eigenvalue weighted by Crippen LogP contribution is 2.43. The van der Waals surface area contributed by atoms with Gasteiger partial charge in [-0.05, 0) is 44.9 Å². The average molecular weight is 868 g/mol. The number of aliphatic hydroxyl groups excluding tert-OH is 1. The van der Waals surface area contributed by atoms with E-state index in [0.717, 1.165) is 44.9 Å². The predicted octanol–water partition coefficient (Wildman–Crippen LogP) is 14.6. The molecule has 0 fully saturated rings. The van der Waals surface area contributed by atoms with E-state index in [1.807, 2.05) is 27.2 Å². The number of aliphatic hydroxyl groups is 1. The molecule has 3 atom stereocenters. The van der Waals surface area contributed by atoms with Gasteiger partial charge in [-0.25, -0.2) is 4.57 Å². The van der Waals surface area contributed by atoms with Gasteiger partial charge in [0.15, 0.2) is 0 Å².